The van der Waals surface area contributed by atoms with Crippen LogP contribution in [0.5, 0.6) is 5.75 Å². The summed E-state index contributed by atoms with van der Waals surface area (Å²) in [4.78, 5) is 11.9. The highest BCUT2D eigenvalue weighted by atomic mass is 35.5. The van der Waals surface area contributed by atoms with Gasteiger partial charge in [0, 0.05) is 15.7 Å². The van der Waals surface area contributed by atoms with Crippen LogP contribution in [0.15, 0.2) is 71.6 Å². The summed E-state index contributed by atoms with van der Waals surface area (Å²) >= 11 is 7.84. The first kappa shape index (κ1) is 27.4. The maximum atomic E-state index is 11.1. The van der Waals surface area contributed by atoms with Gasteiger partial charge < -0.3 is 29.9 Å². The number of thioether (sulfide) groups is 1. The lowest BCUT2D eigenvalue weighted by atomic mass is 9.90. The van der Waals surface area contributed by atoms with Crippen molar-refractivity contribution < 1.29 is 34.7 Å². The minimum absolute atomic E-state index is 0.181. The number of rotatable bonds is 9. The largest absolute Gasteiger partial charge is 0.494 e. The van der Waals surface area contributed by atoms with Gasteiger partial charge in [-0.2, -0.15) is 0 Å². The fourth-order valence-corrected chi connectivity index (χ4v) is 5.38. The van der Waals surface area contributed by atoms with E-state index in [9.17, 15) is 20.1 Å². The maximum absolute atomic E-state index is 11.1. The first-order valence-electron chi connectivity index (χ1n) is 11.9. The summed E-state index contributed by atoms with van der Waals surface area (Å²) in [7, 11) is 0. The molecule has 0 amide bonds. The number of carboxylic acids is 1. The number of benzene rings is 3. The zero-order valence-electron chi connectivity index (χ0n) is 20.2. The summed E-state index contributed by atoms with van der Waals surface area (Å²) in [6.07, 6.45) is -5.09. The minimum atomic E-state index is -1.40. The van der Waals surface area contributed by atoms with Crippen molar-refractivity contribution in [2.24, 2.45) is 0 Å². The highest BCUT2D eigenvalue weighted by molar-refractivity contribution is 7.99. The molecule has 37 heavy (non-hydrogen) atoms. The van der Waals surface area contributed by atoms with Gasteiger partial charge in [-0.05, 0) is 72.5 Å². The molecule has 196 valence electrons. The zero-order valence-corrected chi connectivity index (χ0v) is 21.7. The van der Waals surface area contributed by atoms with E-state index >= 15 is 0 Å². The Morgan fingerprint density at radius 1 is 0.973 bits per heavy atom. The molecule has 0 spiro atoms. The predicted molar refractivity (Wildman–Crippen MR) is 142 cm³/mol. The van der Waals surface area contributed by atoms with Crippen LogP contribution in [0.4, 0.5) is 0 Å². The van der Waals surface area contributed by atoms with Crippen molar-refractivity contribution in [1.82, 2.24) is 0 Å². The van der Waals surface area contributed by atoms with Crippen LogP contribution in [-0.4, -0.2) is 63.2 Å². The summed E-state index contributed by atoms with van der Waals surface area (Å²) in [6.45, 7) is 2.52. The van der Waals surface area contributed by atoms with E-state index in [1.165, 1.54) is 23.9 Å². The molecular weight excluding hydrogens is 516 g/mol. The van der Waals surface area contributed by atoms with E-state index in [1.54, 1.807) is 24.3 Å². The third kappa shape index (κ3) is 6.65. The number of carbonyl (C=O) groups is 1. The van der Waals surface area contributed by atoms with Gasteiger partial charge in [-0.15, -0.1) is 11.8 Å². The lowest BCUT2D eigenvalue weighted by molar-refractivity contribution is -0.218. The Labute approximate surface area is 224 Å². The van der Waals surface area contributed by atoms with Gasteiger partial charge in [0.15, 0.2) is 0 Å². The van der Waals surface area contributed by atoms with Crippen molar-refractivity contribution in [1.29, 1.82) is 0 Å². The smallest absolute Gasteiger partial charge is 0.335 e. The number of hydrogen-bond acceptors (Lipinski definition) is 7. The number of hydrogen-bond donors (Lipinski definition) is 4. The second-order valence-electron chi connectivity index (χ2n) is 8.81. The highest BCUT2D eigenvalue weighted by Gasteiger charge is 2.44. The van der Waals surface area contributed by atoms with E-state index in [4.69, 9.17) is 26.2 Å². The molecule has 1 fully saturated rings. The summed E-state index contributed by atoms with van der Waals surface area (Å²) < 4.78 is 11.6. The van der Waals surface area contributed by atoms with E-state index < -0.39 is 36.5 Å². The quantitative estimate of drug-likeness (QED) is 0.294. The van der Waals surface area contributed by atoms with Crippen molar-refractivity contribution in [3.8, 4) is 5.75 Å². The fourth-order valence-electron chi connectivity index (χ4n) is 4.23. The zero-order chi connectivity index (χ0) is 26.5. The molecule has 0 saturated carbocycles. The predicted octanol–water partition coefficient (Wildman–Crippen LogP) is 4.34. The van der Waals surface area contributed by atoms with Gasteiger partial charge >= 0.3 is 5.97 Å². The van der Waals surface area contributed by atoms with Crippen molar-refractivity contribution in [2.45, 2.75) is 48.8 Å². The van der Waals surface area contributed by atoms with E-state index in [0.717, 1.165) is 21.8 Å². The molecule has 1 aliphatic heterocycles. The first-order chi connectivity index (χ1) is 17.8. The molecule has 1 heterocycles. The van der Waals surface area contributed by atoms with Crippen LogP contribution < -0.4 is 4.74 Å². The molecule has 1 saturated heterocycles. The number of aliphatic hydroxyl groups excluding tert-OH is 3. The highest BCUT2D eigenvalue weighted by Crippen LogP contribution is 2.36. The molecule has 0 bridgehead atoms. The van der Waals surface area contributed by atoms with Crippen molar-refractivity contribution in [3.05, 3.63) is 94.0 Å². The van der Waals surface area contributed by atoms with Crippen LogP contribution in [0.25, 0.3) is 0 Å². The molecule has 4 N–H and O–H groups in total. The normalized spacial score (nSPS) is 23.5. The standard InChI is InChI=1S/C28H29ClO7S/c1-2-35-20-8-3-16(4-9-20)13-19-14-18(7-12-22(19)29)27-26(32)25(31)24(30)23(36-27)15-37-21-10-5-17(6-11-21)28(33)34/h3-12,14,23-27,30-32H,2,13,15H2,1H3,(H,33,34)/t23-,24-,25+,26-,27+/m1/s1. The average molecular weight is 545 g/mol. The van der Waals surface area contributed by atoms with E-state index in [-0.39, 0.29) is 5.56 Å². The molecule has 7 nitrogen and oxygen atoms in total. The molecular formula is C28H29ClO7S. The Hall–Kier alpha value is -2.59. The van der Waals surface area contributed by atoms with Crippen molar-refractivity contribution in [3.63, 3.8) is 0 Å². The third-order valence-corrected chi connectivity index (χ3v) is 7.72. The second-order valence-corrected chi connectivity index (χ2v) is 10.3. The molecule has 1 aliphatic rings. The molecule has 0 radical (unpaired) electrons. The fraction of sp³-hybridized carbons (Fsp3) is 0.321. The number of halogens is 1. The molecule has 0 aromatic heterocycles. The third-order valence-electron chi connectivity index (χ3n) is 6.26. The molecule has 0 aliphatic carbocycles. The average Bonchev–Trinajstić information content (AvgIpc) is 2.90. The molecule has 5 atom stereocenters. The summed E-state index contributed by atoms with van der Waals surface area (Å²) in [5, 5.41) is 41.5. The Balaban J connectivity index is 1.48. The van der Waals surface area contributed by atoms with E-state index in [2.05, 4.69) is 0 Å². The number of carboxylic acid groups (broad SMARTS) is 1. The molecule has 9 heteroatoms. The summed E-state index contributed by atoms with van der Waals surface area (Å²) in [6, 6.07) is 19.4. The number of aromatic carboxylic acids is 1. The van der Waals surface area contributed by atoms with Gasteiger partial charge in [-0.3, -0.25) is 0 Å². The van der Waals surface area contributed by atoms with Crippen LogP contribution in [0, 0.1) is 0 Å². The van der Waals surface area contributed by atoms with Gasteiger partial charge in [0.05, 0.1) is 18.3 Å². The second kappa shape index (κ2) is 12.3. The van der Waals surface area contributed by atoms with Gasteiger partial charge in [0.1, 0.15) is 30.2 Å². The van der Waals surface area contributed by atoms with Gasteiger partial charge in [0.2, 0.25) is 0 Å². The molecule has 3 aromatic rings. The lowest BCUT2D eigenvalue weighted by Crippen LogP contribution is -2.54. The van der Waals surface area contributed by atoms with E-state index in [0.29, 0.717) is 29.4 Å². The SMILES string of the molecule is CCOc1ccc(Cc2cc([C@@H]3O[C@H](CSc4ccc(C(=O)O)cc4)[C@@H](O)[C@H](O)[C@H]3O)ccc2Cl)cc1. The Morgan fingerprint density at radius 2 is 1.68 bits per heavy atom. The van der Waals surface area contributed by atoms with Crippen LogP contribution in [-0.2, 0) is 11.2 Å². The maximum Gasteiger partial charge on any atom is 0.335 e. The number of aliphatic hydroxyl groups is 3. The summed E-state index contributed by atoms with van der Waals surface area (Å²) in [5.74, 6) is 0.0760. The molecule has 4 rings (SSSR count). The van der Waals surface area contributed by atoms with Gasteiger partial charge in [-0.25, -0.2) is 4.79 Å². The molecule has 0 unspecified atom stereocenters. The minimum Gasteiger partial charge on any atom is -0.494 e. The Bertz CT molecular complexity index is 1200. The Morgan fingerprint density at radius 3 is 2.32 bits per heavy atom. The monoisotopic (exact) mass is 544 g/mol. The van der Waals surface area contributed by atoms with Crippen molar-refractivity contribution >= 4 is 29.3 Å². The Kier molecular flexibility index (Phi) is 9.13. The van der Waals surface area contributed by atoms with Crippen LogP contribution >= 0.6 is 23.4 Å². The van der Waals surface area contributed by atoms with Crippen LogP contribution in [0.2, 0.25) is 5.02 Å². The van der Waals surface area contributed by atoms with Gasteiger partial charge in [-0.1, -0.05) is 35.9 Å². The summed E-state index contributed by atoms with van der Waals surface area (Å²) in [5.41, 5.74) is 2.70. The topological polar surface area (TPSA) is 116 Å². The lowest BCUT2D eigenvalue weighted by Gasteiger charge is -2.41. The van der Waals surface area contributed by atoms with Crippen LogP contribution in [0.1, 0.15) is 40.1 Å². The van der Waals surface area contributed by atoms with E-state index in [1.807, 2.05) is 37.3 Å². The van der Waals surface area contributed by atoms with Gasteiger partial charge in [0.25, 0.3) is 0 Å². The first-order valence-corrected chi connectivity index (χ1v) is 13.3. The molecule has 3 aromatic carbocycles. The van der Waals surface area contributed by atoms with Crippen LogP contribution in [0.3, 0.4) is 0 Å². The van der Waals surface area contributed by atoms with Crippen molar-refractivity contribution in [2.75, 3.05) is 12.4 Å². The number of ether oxygens (including phenoxy) is 2.